The summed E-state index contributed by atoms with van der Waals surface area (Å²) in [5.74, 6) is 1.41. The van der Waals surface area contributed by atoms with E-state index in [-0.39, 0.29) is 11.5 Å². The Labute approximate surface area is 213 Å². The standard InChI is InChI=1S/C27H28N6O4/c1-17-21-9-11-24(34)33(25(21)31-27(29-17)32-14-12-28-13-15-32)20-7-4-18(5-8-20)26(35)30-19-6-10-22(36-2)23(16-19)37-3/h4-11,16,28H,12-15H2,1-3H3,(H,30,35). The number of nitrogens with zero attached hydrogens (tertiary/aromatic N) is 4. The molecule has 1 aliphatic rings. The maximum atomic E-state index is 13.0. The van der Waals surface area contributed by atoms with Crippen LogP contribution in [0.4, 0.5) is 11.6 Å². The first-order chi connectivity index (χ1) is 18.0. The minimum Gasteiger partial charge on any atom is -0.493 e. The van der Waals surface area contributed by atoms with Crippen molar-refractivity contribution in [2.24, 2.45) is 0 Å². The van der Waals surface area contributed by atoms with E-state index < -0.39 is 0 Å². The van der Waals surface area contributed by atoms with Crippen molar-refractivity contribution in [3.8, 4) is 17.2 Å². The van der Waals surface area contributed by atoms with Gasteiger partial charge in [-0.2, -0.15) is 4.98 Å². The van der Waals surface area contributed by atoms with E-state index in [0.29, 0.717) is 40.0 Å². The summed E-state index contributed by atoms with van der Waals surface area (Å²) in [5, 5.41) is 6.99. The van der Waals surface area contributed by atoms with Gasteiger partial charge in [-0.05, 0) is 49.4 Å². The van der Waals surface area contributed by atoms with Crippen LogP contribution < -0.4 is 30.6 Å². The number of aryl methyl sites for hydroxylation is 1. The summed E-state index contributed by atoms with van der Waals surface area (Å²) in [7, 11) is 3.09. The topological polar surface area (TPSA) is 111 Å². The molecule has 0 atom stereocenters. The summed E-state index contributed by atoms with van der Waals surface area (Å²) in [6.45, 7) is 5.23. The Kier molecular flexibility index (Phi) is 6.74. The molecule has 10 nitrogen and oxygen atoms in total. The Bertz CT molecular complexity index is 1510. The summed E-state index contributed by atoms with van der Waals surface area (Å²) in [5.41, 5.74) is 2.76. The third-order valence-corrected chi connectivity index (χ3v) is 6.36. The Balaban J connectivity index is 1.46. The molecule has 3 heterocycles. The highest BCUT2D eigenvalue weighted by Crippen LogP contribution is 2.30. The lowest BCUT2D eigenvalue weighted by atomic mass is 10.1. The Hall–Kier alpha value is -4.44. The molecule has 4 aromatic rings. The third kappa shape index (κ3) is 4.83. The van der Waals surface area contributed by atoms with Crippen molar-refractivity contribution in [2.75, 3.05) is 50.6 Å². The van der Waals surface area contributed by atoms with Crippen LogP contribution >= 0.6 is 0 Å². The van der Waals surface area contributed by atoms with E-state index in [1.54, 1.807) is 60.2 Å². The molecule has 0 saturated carbocycles. The summed E-state index contributed by atoms with van der Waals surface area (Å²) < 4.78 is 12.1. The number of fused-ring (bicyclic) bond motifs is 1. The second-order valence-electron chi connectivity index (χ2n) is 8.66. The maximum absolute atomic E-state index is 13.0. The van der Waals surface area contributed by atoms with Gasteiger partial charge >= 0.3 is 0 Å². The van der Waals surface area contributed by atoms with Crippen molar-refractivity contribution in [1.29, 1.82) is 0 Å². The number of methoxy groups -OCH3 is 2. The van der Waals surface area contributed by atoms with E-state index in [4.69, 9.17) is 19.4 Å². The van der Waals surface area contributed by atoms with Gasteiger partial charge in [-0.15, -0.1) is 0 Å². The lowest BCUT2D eigenvalue weighted by Gasteiger charge is -2.28. The second kappa shape index (κ2) is 10.3. The number of piperazine rings is 1. The number of nitrogens with one attached hydrogen (secondary N) is 2. The van der Waals surface area contributed by atoms with Gasteiger partial charge in [0, 0.05) is 54.9 Å². The first-order valence-electron chi connectivity index (χ1n) is 12.0. The highest BCUT2D eigenvalue weighted by atomic mass is 16.5. The first-order valence-corrected chi connectivity index (χ1v) is 12.0. The number of carbonyl (C=O) groups is 1. The van der Waals surface area contributed by atoms with Crippen molar-refractivity contribution in [2.45, 2.75) is 6.92 Å². The van der Waals surface area contributed by atoms with Gasteiger partial charge in [0.25, 0.3) is 11.5 Å². The summed E-state index contributed by atoms with van der Waals surface area (Å²) in [6.07, 6.45) is 0. The van der Waals surface area contributed by atoms with Crippen molar-refractivity contribution < 1.29 is 14.3 Å². The van der Waals surface area contributed by atoms with E-state index >= 15 is 0 Å². The molecule has 0 unspecified atom stereocenters. The van der Waals surface area contributed by atoms with Gasteiger partial charge in [0.15, 0.2) is 17.1 Å². The van der Waals surface area contributed by atoms with Crippen LogP contribution in [0.5, 0.6) is 11.5 Å². The lowest BCUT2D eigenvalue weighted by molar-refractivity contribution is 0.102. The molecule has 0 radical (unpaired) electrons. The third-order valence-electron chi connectivity index (χ3n) is 6.36. The molecule has 1 saturated heterocycles. The molecule has 190 valence electrons. The number of amides is 1. The van der Waals surface area contributed by atoms with Gasteiger partial charge in [0.2, 0.25) is 5.95 Å². The second-order valence-corrected chi connectivity index (χ2v) is 8.66. The average molecular weight is 501 g/mol. The zero-order valence-electron chi connectivity index (χ0n) is 20.9. The van der Waals surface area contributed by atoms with Crippen molar-refractivity contribution in [1.82, 2.24) is 19.9 Å². The number of ether oxygens (including phenoxy) is 2. The SMILES string of the molecule is COc1ccc(NC(=O)c2ccc(-n3c(=O)ccc4c(C)nc(N5CCNCC5)nc43)cc2)cc1OC. The van der Waals surface area contributed by atoms with Crippen molar-refractivity contribution in [3.05, 3.63) is 76.2 Å². The van der Waals surface area contributed by atoms with Crippen LogP contribution in [0.25, 0.3) is 16.7 Å². The molecular weight excluding hydrogens is 472 g/mol. The molecule has 2 aromatic carbocycles. The molecule has 0 bridgehead atoms. The van der Waals surface area contributed by atoms with Gasteiger partial charge in [-0.1, -0.05) is 0 Å². The lowest BCUT2D eigenvalue weighted by Crippen LogP contribution is -2.44. The van der Waals surface area contributed by atoms with Crippen LogP contribution in [0.2, 0.25) is 0 Å². The Morgan fingerprint density at radius 1 is 0.946 bits per heavy atom. The van der Waals surface area contributed by atoms with Crippen LogP contribution in [-0.2, 0) is 0 Å². The van der Waals surface area contributed by atoms with E-state index in [0.717, 1.165) is 37.3 Å². The van der Waals surface area contributed by atoms with E-state index in [2.05, 4.69) is 15.5 Å². The number of rotatable bonds is 6. The molecule has 0 spiro atoms. The fourth-order valence-electron chi connectivity index (χ4n) is 4.39. The van der Waals surface area contributed by atoms with E-state index in [1.807, 2.05) is 6.92 Å². The van der Waals surface area contributed by atoms with Crippen molar-refractivity contribution >= 4 is 28.6 Å². The highest BCUT2D eigenvalue weighted by Gasteiger charge is 2.18. The molecule has 37 heavy (non-hydrogen) atoms. The number of carbonyl (C=O) groups excluding carboxylic acids is 1. The van der Waals surface area contributed by atoms with E-state index in [9.17, 15) is 9.59 Å². The summed E-state index contributed by atoms with van der Waals surface area (Å²) in [4.78, 5) is 37.5. The van der Waals surface area contributed by atoms with E-state index in [1.165, 1.54) is 13.2 Å². The minimum atomic E-state index is -0.289. The largest absolute Gasteiger partial charge is 0.493 e. The number of pyridine rings is 1. The normalized spacial score (nSPS) is 13.4. The van der Waals surface area contributed by atoms with Crippen LogP contribution in [0, 0.1) is 6.92 Å². The zero-order valence-corrected chi connectivity index (χ0v) is 20.9. The number of anilines is 2. The molecule has 10 heteroatoms. The predicted molar refractivity (Wildman–Crippen MR) is 142 cm³/mol. The number of aromatic nitrogens is 3. The number of hydrogen-bond donors (Lipinski definition) is 2. The zero-order chi connectivity index (χ0) is 25.9. The predicted octanol–water partition coefficient (Wildman–Crippen LogP) is 2.77. The van der Waals surface area contributed by atoms with Gasteiger partial charge < -0.3 is 25.0 Å². The van der Waals surface area contributed by atoms with Crippen LogP contribution in [0.3, 0.4) is 0 Å². The monoisotopic (exact) mass is 500 g/mol. The summed E-state index contributed by atoms with van der Waals surface area (Å²) in [6, 6.07) is 15.3. The first kappa shape index (κ1) is 24.3. The molecule has 0 aliphatic carbocycles. The molecule has 1 fully saturated rings. The molecule has 2 N–H and O–H groups in total. The van der Waals surface area contributed by atoms with Crippen LogP contribution in [0.15, 0.2) is 59.4 Å². The van der Waals surface area contributed by atoms with Gasteiger partial charge in [0.1, 0.15) is 0 Å². The fourth-order valence-corrected chi connectivity index (χ4v) is 4.39. The molecule has 1 aliphatic heterocycles. The quantitative estimate of drug-likeness (QED) is 0.416. The Morgan fingerprint density at radius 2 is 1.68 bits per heavy atom. The smallest absolute Gasteiger partial charge is 0.256 e. The summed E-state index contributed by atoms with van der Waals surface area (Å²) >= 11 is 0. The molecule has 2 aromatic heterocycles. The average Bonchev–Trinajstić information content (AvgIpc) is 2.93. The number of benzene rings is 2. The fraction of sp³-hybridized carbons (Fsp3) is 0.259. The number of hydrogen-bond acceptors (Lipinski definition) is 8. The molecule has 1 amide bonds. The van der Waals surface area contributed by atoms with Gasteiger partial charge in [0.05, 0.1) is 25.6 Å². The van der Waals surface area contributed by atoms with Gasteiger partial charge in [-0.3, -0.25) is 14.2 Å². The van der Waals surface area contributed by atoms with Gasteiger partial charge in [-0.25, -0.2) is 4.98 Å². The Morgan fingerprint density at radius 3 is 2.38 bits per heavy atom. The highest BCUT2D eigenvalue weighted by molar-refractivity contribution is 6.04. The van der Waals surface area contributed by atoms with Crippen molar-refractivity contribution in [3.63, 3.8) is 0 Å². The molecular formula is C27H28N6O4. The van der Waals surface area contributed by atoms with Crippen LogP contribution in [-0.4, -0.2) is 60.8 Å². The maximum Gasteiger partial charge on any atom is 0.256 e. The minimum absolute atomic E-state index is 0.209. The molecule has 5 rings (SSSR count). The van der Waals surface area contributed by atoms with Crippen LogP contribution in [0.1, 0.15) is 16.1 Å².